The number of carbonyl (C=O) groups excluding carboxylic acids is 3. The minimum Gasteiger partial charge on any atom is -0.475 e. The van der Waals surface area contributed by atoms with Gasteiger partial charge in [-0.05, 0) is 54.4 Å². The van der Waals surface area contributed by atoms with Gasteiger partial charge in [0.2, 0.25) is 17.7 Å². The molecule has 0 saturated carbocycles. The maximum atomic E-state index is 14.1. The second-order valence-electron chi connectivity index (χ2n) is 14.2. The summed E-state index contributed by atoms with van der Waals surface area (Å²) in [6.07, 6.45) is -2.53. The summed E-state index contributed by atoms with van der Waals surface area (Å²) in [5.74, 6) is -0.206. The van der Waals surface area contributed by atoms with Crippen LogP contribution in [-0.2, 0) is 20.9 Å². The number of fused-ring (bicyclic) bond motifs is 10. The van der Waals surface area contributed by atoms with Gasteiger partial charge >= 0.3 is 6.36 Å². The van der Waals surface area contributed by atoms with Crippen LogP contribution < -0.4 is 14.8 Å². The van der Waals surface area contributed by atoms with E-state index in [-0.39, 0.29) is 59.7 Å². The lowest BCUT2D eigenvalue weighted by molar-refractivity contribution is -0.274. The Balaban J connectivity index is 1.34. The molecular formula is C35H46F3N5O6. The standard InChI is InChI=1S/C35H46F3N5O6/c1-34(2,3)20-31(44)42-15-16-47-17-18-48-30-6-4-5-28(40-30)32(45)39-26-19-29(33(46)41-13-11-25(21-42)12-14-41)43(23-26)22-24-7-9-27(10-8-24)49-35(36,37)38/h4-10,25-26,29H,11-23H2,1-3H3,(H,39,45)/t26-,29+/m1/s1. The number of hydrogen-bond acceptors (Lipinski definition) is 8. The van der Waals surface area contributed by atoms with Crippen molar-refractivity contribution in [3.8, 4) is 11.6 Å². The van der Waals surface area contributed by atoms with Crippen molar-refractivity contribution < 1.29 is 41.8 Å². The largest absolute Gasteiger partial charge is 0.573 e. The number of hydrogen-bond donors (Lipinski definition) is 1. The number of piperidine rings is 1. The average molecular weight is 690 g/mol. The molecule has 0 unspecified atom stereocenters. The average Bonchev–Trinajstić information content (AvgIpc) is 3.42. The van der Waals surface area contributed by atoms with Crippen LogP contribution in [0, 0.1) is 11.3 Å². The van der Waals surface area contributed by atoms with Gasteiger partial charge in [0, 0.05) is 57.8 Å². The highest BCUT2D eigenvalue weighted by Crippen LogP contribution is 2.28. The SMILES string of the molecule is CC(C)(C)CC(=O)N1CCOCCOc2cccc(n2)C(=O)N[C@@H]2C[C@@H](C(=O)N3CCC(CC3)C1)N(Cc1ccc(OC(F)(F)F)cc1)C2. The van der Waals surface area contributed by atoms with E-state index in [2.05, 4.69) is 15.0 Å². The Morgan fingerprint density at radius 3 is 2.41 bits per heavy atom. The van der Waals surface area contributed by atoms with E-state index in [9.17, 15) is 27.6 Å². The number of halogens is 3. The number of alkyl halides is 3. The van der Waals surface area contributed by atoms with Crippen molar-refractivity contribution in [1.29, 1.82) is 0 Å². The van der Waals surface area contributed by atoms with Gasteiger partial charge in [-0.1, -0.05) is 39.0 Å². The van der Waals surface area contributed by atoms with E-state index >= 15 is 0 Å². The van der Waals surface area contributed by atoms with Crippen LogP contribution in [0.2, 0.25) is 0 Å². The van der Waals surface area contributed by atoms with Gasteiger partial charge in [0.15, 0.2) is 0 Å². The number of likely N-dealkylation sites (tertiary alicyclic amines) is 1. The van der Waals surface area contributed by atoms with E-state index < -0.39 is 18.3 Å². The molecule has 14 heteroatoms. The Bertz CT molecular complexity index is 1440. The number of nitrogens with zero attached hydrogens (tertiary/aromatic N) is 4. The maximum absolute atomic E-state index is 14.1. The van der Waals surface area contributed by atoms with Gasteiger partial charge in [-0.15, -0.1) is 13.2 Å². The molecule has 2 atom stereocenters. The van der Waals surface area contributed by atoms with Crippen LogP contribution in [0.25, 0.3) is 0 Å². The number of benzene rings is 1. The van der Waals surface area contributed by atoms with Gasteiger partial charge in [-0.2, -0.15) is 0 Å². The Morgan fingerprint density at radius 1 is 0.980 bits per heavy atom. The van der Waals surface area contributed by atoms with Gasteiger partial charge < -0.3 is 29.3 Å². The van der Waals surface area contributed by atoms with Crippen LogP contribution in [0.1, 0.15) is 62.5 Å². The third-order valence-electron chi connectivity index (χ3n) is 8.94. The Morgan fingerprint density at radius 2 is 1.71 bits per heavy atom. The molecule has 49 heavy (non-hydrogen) atoms. The molecule has 6 bridgehead atoms. The summed E-state index contributed by atoms with van der Waals surface area (Å²) in [5.41, 5.74) is 0.710. The second kappa shape index (κ2) is 15.8. The minimum atomic E-state index is -4.79. The molecule has 6 rings (SSSR count). The van der Waals surface area contributed by atoms with Crippen LogP contribution in [0.3, 0.4) is 0 Å². The van der Waals surface area contributed by atoms with Gasteiger partial charge in [0.25, 0.3) is 5.91 Å². The number of ether oxygens (including phenoxy) is 3. The number of aromatic nitrogens is 1. The highest BCUT2D eigenvalue weighted by molar-refractivity contribution is 5.92. The number of nitrogens with one attached hydrogen (secondary N) is 1. The molecule has 1 aromatic carbocycles. The topological polar surface area (TPSA) is 114 Å². The molecule has 0 radical (unpaired) electrons. The lowest BCUT2D eigenvalue weighted by Crippen LogP contribution is -2.49. The number of carbonyl (C=O) groups is 3. The second-order valence-corrected chi connectivity index (χ2v) is 14.2. The quantitative estimate of drug-likeness (QED) is 0.474. The predicted molar refractivity (Wildman–Crippen MR) is 174 cm³/mol. The molecule has 0 aliphatic carbocycles. The molecule has 2 fully saturated rings. The maximum Gasteiger partial charge on any atom is 0.573 e. The van der Waals surface area contributed by atoms with E-state index in [1.165, 1.54) is 12.1 Å². The molecule has 4 aliphatic heterocycles. The predicted octanol–water partition coefficient (Wildman–Crippen LogP) is 4.27. The van der Waals surface area contributed by atoms with Gasteiger partial charge in [0.05, 0.1) is 19.3 Å². The van der Waals surface area contributed by atoms with Crippen molar-refractivity contribution in [2.24, 2.45) is 11.3 Å². The van der Waals surface area contributed by atoms with Crippen LogP contribution in [0.4, 0.5) is 13.2 Å². The third-order valence-corrected chi connectivity index (χ3v) is 8.94. The molecule has 3 amide bonds. The number of amides is 3. The molecule has 2 saturated heterocycles. The fourth-order valence-corrected chi connectivity index (χ4v) is 6.58. The summed E-state index contributed by atoms with van der Waals surface area (Å²) < 4.78 is 53.6. The zero-order valence-corrected chi connectivity index (χ0v) is 28.3. The van der Waals surface area contributed by atoms with E-state index in [0.29, 0.717) is 64.3 Å². The fourth-order valence-electron chi connectivity index (χ4n) is 6.58. The molecule has 1 N–H and O–H groups in total. The van der Waals surface area contributed by atoms with Crippen molar-refractivity contribution in [2.45, 2.75) is 71.4 Å². The number of rotatable bonds is 4. The molecular weight excluding hydrogens is 643 g/mol. The van der Waals surface area contributed by atoms with E-state index in [1.54, 1.807) is 30.3 Å². The zero-order chi connectivity index (χ0) is 35.2. The first-order chi connectivity index (χ1) is 23.2. The lowest BCUT2D eigenvalue weighted by Gasteiger charge is -2.37. The Kier molecular flexibility index (Phi) is 11.7. The van der Waals surface area contributed by atoms with E-state index in [1.807, 2.05) is 35.5 Å². The van der Waals surface area contributed by atoms with E-state index in [0.717, 1.165) is 12.8 Å². The summed E-state index contributed by atoms with van der Waals surface area (Å²) in [4.78, 5) is 50.7. The van der Waals surface area contributed by atoms with Gasteiger partial charge in [-0.3, -0.25) is 19.3 Å². The van der Waals surface area contributed by atoms with Gasteiger partial charge in [0.1, 0.15) is 18.1 Å². The van der Waals surface area contributed by atoms with Crippen molar-refractivity contribution in [1.82, 2.24) is 25.0 Å². The molecule has 5 heterocycles. The molecule has 4 aliphatic rings. The van der Waals surface area contributed by atoms with E-state index in [4.69, 9.17) is 9.47 Å². The summed E-state index contributed by atoms with van der Waals surface area (Å²) in [6.45, 7) is 9.75. The first kappa shape index (κ1) is 36.4. The highest BCUT2D eigenvalue weighted by Gasteiger charge is 2.41. The minimum absolute atomic E-state index is 0.0549. The Labute approximate surface area is 285 Å². The van der Waals surface area contributed by atoms with Crippen molar-refractivity contribution >= 4 is 17.7 Å². The summed E-state index contributed by atoms with van der Waals surface area (Å²) >= 11 is 0. The monoisotopic (exact) mass is 689 g/mol. The molecule has 2 aromatic rings. The van der Waals surface area contributed by atoms with Crippen LogP contribution in [0.5, 0.6) is 11.6 Å². The summed E-state index contributed by atoms with van der Waals surface area (Å²) in [5, 5.41) is 3.02. The summed E-state index contributed by atoms with van der Waals surface area (Å²) in [6, 6.07) is 9.58. The van der Waals surface area contributed by atoms with Crippen LogP contribution in [-0.4, -0.2) is 108 Å². The lowest BCUT2D eigenvalue weighted by atomic mass is 9.90. The van der Waals surface area contributed by atoms with Crippen LogP contribution >= 0.6 is 0 Å². The zero-order valence-electron chi connectivity index (χ0n) is 28.3. The van der Waals surface area contributed by atoms with Gasteiger partial charge in [-0.25, -0.2) is 4.98 Å². The van der Waals surface area contributed by atoms with Crippen molar-refractivity contribution in [3.05, 3.63) is 53.7 Å². The number of pyridine rings is 1. The fraction of sp³-hybridized carbons (Fsp3) is 0.600. The first-order valence-corrected chi connectivity index (χ1v) is 16.9. The Hall–Kier alpha value is -3.91. The molecule has 268 valence electrons. The molecule has 11 nitrogen and oxygen atoms in total. The summed E-state index contributed by atoms with van der Waals surface area (Å²) in [7, 11) is 0. The van der Waals surface area contributed by atoms with Crippen molar-refractivity contribution in [2.75, 3.05) is 52.5 Å². The third kappa shape index (κ3) is 10.8. The molecule has 0 spiro atoms. The smallest absolute Gasteiger partial charge is 0.475 e. The first-order valence-electron chi connectivity index (χ1n) is 16.9. The highest BCUT2D eigenvalue weighted by atomic mass is 19.4. The normalized spacial score (nSPS) is 23.4. The van der Waals surface area contributed by atoms with Crippen molar-refractivity contribution in [3.63, 3.8) is 0 Å². The molecule has 1 aromatic heterocycles. The van der Waals surface area contributed by atoms with Crippen LogP contribution in [0.15, 0.2) is 42.5 Å².